The van der Waals surface area contributed by atoms with Crippen molar-refractivity contribution < 1.29 is 9.47 Å². The number of rotatable bonds is 8. The first-order valence-corrected chi connectivity index (χ1v) is 10.4. The van der Waals surface area contributed by atoms with Crippen LogP contribution in [0.25, 0.3) is 0 Å². The molecule has 0 bridgehead atoms. The highest BCUT2D eigenvalue weighted by Gasteiger charge is 2.12. The third kappa shape index (κ3) is 5.43. The number of hydrogen-bond donors (Lipinski definition) is 1. The molecular weight excluding hydrogens is 438 g/mol. The minimum absolute atomic E-state index is 0.382. The van der Waals surface area contributed by atoms with E-state index < -0.39 is 0 Å². The zero-order chi connectivity index (χ0) is 19.9. The number of ether oxygens (including phenoxy) is 2. The molecule has 1 N–H and O–H groups in total. The smallest absolute Gasteiger partial charge is 0.162 e. The Balaban J connectivity index is 1.75. The Bertz CT molecular complexity index is 928. The first-order valence-electron chi connectivity index (χ1n) is 9.18. The zero-order valence-electron chi connectivity index (χ0n) is 16.0. The van der Waals surface area contributed by atoms with E-state index in [0.717, 1.165) is 27.0 Å². The van der Waals surface area contributed by atoms with Crippen LogP contribution in [0, 0.1) is 6.92 Å². The molecule has 3 rings (SSSR count). The molecule has 5 heteroatoms. The SMILES string of the molecule is CCOc1cc(CNc2ccc(C)cc2)c(Br)cc1OCc1ccccc1Cl. The molecule has 0 aliphatic carbocycles. The Morgan fingerprint density at radius 3 is 2.36 bits per heavy atom. The van der Waals surface area contributed by atoms with Crippen molar-refractivity contribution in [1.29, 1.82) is 0 Å². The zero-order valence-corrected chi connectivity index (χ0v) is 18.3. The molecule has 0 atom stereocenters. The summed E-state index contributed by atoms with van der Waals surface area (Å²) in [5.74, 6) is 1.41. The molecule has 0 unspecified atom stereocenters. The molecule has 0 saturated heterocycles. The summed E-state index contributed by atoms with van der Waals surface area (Å²) in [5.41, 5.74) is 4.35. The number of benzene rings is 3. The van der Waals surface area contributed by atoms with Gasteiger partial charge < -0.3 is 14.8 Å². The number of anilines is 1. The predicted molar refractivity (Wildman–Crippen MR) is 120 cm³/mol. The average Bonchev–Trinajstić information content (AvgIpc) is 2.69. The lowest BCUT2D eigenvalue weighted by Crippen LogP contribution is -2.04. The van der Waals surface area contributed by atoms with Gasteiger partial charge in [0.1, 0.15) is 6.61 Å². The summed E-state index contributed by atoms with van der Waals surface area (Å²) in [7, 11) is 0. The van der Waals surface area contributed by atoms with Crippen LogP contribution in [0.3, 0.4) is 0 Å². The first kappa shape index (κ1) is 20.6. The van der Waals surface area contributed by atoms with Crippen LogP contribution in [0.5, 0.6) is 11.5 Å². The second-order valence-corrected chi connectivity index (χ2v) is 7.68. The Hall–Kier alpha value is -2.17. The molecule has 3 aromatic rings. The molecule has 0 fully saturated rings. The van der Waals surface area contributed by atoms with E-state index in [2.05, 4.69) is 52.4 Å². The highest BCUT2D eigenvalue weighted by molar-refractivity contribution is 9.10. The van der Waals surface area contributed by atoms with E-state index in [1.165, 1.54) is 5.56 Å². The summed E-state index contributed by atoms with van der Waals surface area (Å²) in [5, 5.41) is 4.13. The van der Waals surface area contributed by atoms with Gasteiger partial charge in [-0.1, -0.05) is 63.4 Å². The van der Waals surface area contributed by atoms with E-state index in [0.29, 0.717) is 30.5 Å². The van der Waals surface area contributed by atoms with Gasteiger partial charge in [-0.05, 0) is 49.7 Å². The second kappa shape index (κ2) is 9.85. The molecule has 0 aromatic heterocycles. The van der Waals surface area contributed by atoms with Crippen molar-refractivity contribution in [3.05, 3.63) is 86.8 Å². The van der Waals surface area contributed by atoms with Crippen molar-refractivity contribution in [2.75, 3.05) is 11.9 Å². The van der Waals surface area contributed by atoms with E-state index in [-0.39, 0.29) is 0 Å². The van der Waals surface area contributed by atoms with Crippen LogP contribution < -0.4 is 14.8 Å². The maximum Gasteiger partial charge on any atom is 0.162 e. The molecule has 3 aromatic carbocycles. The average molecular weight is 461 g/mol. The van der Waals surface area contributed by atoms with Crippen LogP contribution in [0.1, 0.15) is 23.6 Å². The summed E-state index contributed by atoms with van der Waals surface area (Å²) in [6.45, 7) is 5.66. The van der Waals surface area contributed by atoms with Crippen LogP contribution in [-0.2, 0) is 13.2 Å². The highest BCUT2D eigenvalue weighted by Crippen LogP contribution is 2.35. The van der Waals surface area contributed by atoms with Crippen LogP contribution in [0.4, 0.5) is 5.69 Å². The van der Waals surface area contributed by atoms with E-state index in [9.17, 15) is 0 Å². The summed E-state index contributed by atoms with van der Waals surface area (Å²) < 4.78 is 12.8. The maximum absolute atomic E-state index is 6.23. The quantitative estimate of drug-likeness (QED) is 0.392. The van der Waals surface area contributed by atoms with Crippen molar-refractivity contribution in [3.8, 4) is 11.5 Å². The number of hydrogen-bond acceptors (Lipinski definition) is 3. The molecule has 0 aliphatic rings. The topological polar surface area (TPSA) is 30.5 Å². The summed E-state index contributed by atoms with van der Waals surface area (Å²) in [6, 6.07) is 20.0. The monoisotopic (exact) mass is 459 g/mol. The van der Waals surface area contributed by atoms with Crippen molar-refractivity contribution in [1.82, 2.24) is 0 Å². The lowest BCUT2D eigenvalue weighted by molar-refractivity contribution is 0.269. The molecule has 3 nitrogen and oxygen atoms in total. The molecule has 0 saturated carbocycles. The predicted octanol–water partition coefficient (Wildman–Crippen LogP) is 7.00. The van der Waals surface area contributed by atoms with Gasteiger partial charge in [-0.2, -0.15) is 0 Å². The van der Waals surface area contributed by atoms with Crippen LogP contribution in [-0.4, -0.2) is 6.61 Å². The fourth-order valence-corrected chi connectivity index (χ4v) is 3.39. The van der Waals surface area contributed by atoms with Crippen molar-refractivity contribution >= 4 is 33.2 Å². The number of aryl methyl sites for hydroxylation is 1. The van der Waals surface area contributed by atoms with Gasteiger partial charge in [-0.15, -0.1) is 0 Å². The summed E-state index contributed by atoms with van der Waals surface area (Å²) >= 11 is 9.89. The van der Waals surface area contributed by atoms with Gasteiger partial charge in [-0.3, -0.25) is 0 Å². The van der Waals surface area contributed by atoms with Gasteiger partial charge >= 0.3 is 0 Å². The van der Waals surface area contributed by atoms with Gasteiger partial charge in [0.15, 0.2) is 11.5 Å². The van der Waals surface area contributed by atoms with Gasteiger partial charge in [0, 0.05) is 27.3 Å². The number of halogens is 2. The van der Waals surface area contributed by atoms with Crippen LogP contribution in [0.2, 0.25) is 5.02 Å². The standard InChI is InChI=1S/C23H23BrClNO2/c1-3-27-22-12-18(14-26-19-10-8-16(2)9-11-19)20(24)13-23(22)28-15-17-6-4-5-7-21(17)25/h4-13,26H,3,14-15H2,1-2H3. The fourth-order valence-electron chi connectivity index (χ4n) is 2.73. The maximum atomic E-state index is 6.23. The molecule has 146 valence electrons. The lowest BCUT2D eigenvalue weighted by Gasteiger charge is -2.16. The van der Waals surface area contributed by atoms with Crippen LogP contribution >= 0.6 is 27.5 Å². The van der Waals surface area contributed by atoms with Gasteiger partial charge in [0.25, 0.3) is 0 Å². The Morgan fingerprint density at radius 2 is 1.64 bits per heavy atom. The Kier molecular flexibility index (Phi) is 7.24. The molecule has 0 radical (unpaired) electrons. The minimum atomic E-state index is 0.382. The van der Waals surface area contributed by atoms with E-state index in [4.69, 9.17) is 21.1 Å². The third-order valence-electron chi connectivity index (χ3n) is 4.29. The Labute approximate surface area is 179 Å². The normalized spacial score (nSPS) is 10.6. The second-order valence-electron chi connectivity index (χ2n) is 6.42. The molecule has 0 heterocycles. The molecule has 0 spiro atoms. The third-order valence-corrected chi connectivity index (χ3v) is 5.40. The lowest BCUT2D eigenvalue weighted by atomic mass is 10.1. The summed E-state index contributed by atoms with van der Waals surface area (Å²) in [6.07, 6.45) is 0. The molecule has 0 aliphatic heterocycles. The minimum Gasteiger partial charge on any atom is -0.490 e. The largest absolute Gasteiger partial charge is 0.490 e. The number of nitrogens with one attached hydrogen (secondary N) is 1. The van der Waals surface area contributed by atoms with Gasteiger partial charge in [0.2, 0.25) is 0 Å². The van der Waals surface area contributed by atoms with Gasteiger partial charge in [-0.25, -0.2) is 0 Å². The summed E-state index contributed by atoms with van der Waals surface area (Å²) in [4.78, 5) is 0. The van der Waals surface area contributed by atoms with Crippen molar-refractivity contribution in [3.63, 3.8) is 0 Å². The highest BCUT2D eigenvalue weighted by atomic mass is 79.9. The fraction of sp³-hybridized carbons (Fsp3) is 0.217. The Morgan fingerprint density at radius 1 is 0.929 bits per heavy atom. The van der Waals surface area contributed by atoms with E-state index in [1.54, 1.807) is 0 Å². The van der Waals surface area contributed by atoms with E-state index >= 15 is 0 Å². The van der Waals surface area contributed by atoms with Crippen molar-refractivity contribution in [2.45, 2.75) is 27.0 Å². The molecular formula is C23H23BrClNO2. The van der Waals surface area contributed by atoms with E-state index in [1.807, 2.05) is 43.3 Å². The molecule has 28 heavy (non-hydrogen) atoms. The van der Waals surface area contributed by atoms with Crippen molar-refractivity contribution in [2.24, 2.45) is 0 Å². The van der Waals surface area contributed by atoms with Gasteiger partial charge in [0.05, 0.1) is 6.61 Å². The first-order chi connectivity index (χ1) is 13.6. The van der Waals surface area contributed by atoms with Crippen LogP contribution in [0.15, 0.2) is 65.1 Å². The molecule has 0 amide bonds.